The number of fused-ring (bicyclic) bond motifs is 4. The number of halogens is 2. The Bertz CT molecular complexity index is 1350. The van der Waals surface area contributed by atoms with E-state index in [1.165, 1.54) is 16.7 Å². The molecule has 206 valence electrons. The van der Waals surface area contributed by atoms with E-state index in [1.807, 2.05) is 12.1 Å². The molecule has 2 aromatic carbocycles. The number of benzene rings is 2. The van der Waals surface area contributed by atoms with Crippen LogP contribution >= 0.6 is 0 Å². The zero-order valence-corrected chi connectivity index (χ0v) is 22.6. The summed E-state index contributed by atoms with van der Waals surface area (Å²) >= 11 is 0. The number of quaternary nitrogens is 1. The fourth-order valence-electron chi connectivity index (χ4n) is 8.79. The molecule has 5 atom stereocenters. The van der Waals surface area contributed by atoms with Crippen molar-refractivity contribution in [3.8, 4) is 0 Å². The van der Waals surface area contributed by atoms with Crippen molar-refractivity contribution in [3.05, 3.63) is 71.5 Å². The molecule has 3 fully saturated rings. The van der Waals surface area contributed by atoms with Crippen LogP contribution in [0.3, 0.4) is 0 Å². The van der Waals surface area contributed by atoms with Gasteiger partial charge >= 0.3 is 0 Å². The number of hydrogen-bond acceptors (Lipinski definition) is 2. The van der Waals surface area contributed by atoms with Crippen LogP contribution in [-0.2, 0) is 16.6 Å². The van der Waals surface area contributed by atoms with E-state index in [1.54, 1.807) is 6.26 Å². The summed E-state index contributed by atoms with van der Waals surface area (Å²) in [5.41, 5.74) is 4.57. The predicted octanol–water partition coefficient (Wildman–Crippen LogP) is 5.80. The molecule has 39 heavy (non-hydrogen) atoms. The van der Waals surface area contributed by atoms with Gasteiger partial charge in [-0.1, -0.05) is 42.5 Å². The minimum Gasteiger partial charge on any atom is -0.464 e. The van der Waals surface area contributed by atoms with Crippen LogP contribution in [0.4, 0.5) is 8.78 Å². The maximum absolute atomic E-state index is 14.7. The summed E-state index contributed by atoms with van der Waals surface area (Å²) in [7, 11) is 0. The van der Waals surface area contributed by atoms with E-state index in [-0.39, 0.29) is 42.0 Å². The zero-order chi connectivity index (χ0) is 26.6. The van der Waals surface area contributed by atoms with Crippen LogP contribution < -0.4 is 5.32 Å². The molecule has 2 saturated heterocycles. The van der Waals surface area contributed by atoms with Crippen LogP contribution in [-0.4, -0.2) is 42.4 Å². The average molecular weight is 534 g/mol. The van der Waals surface area contributed by atoms with Gasteiger partial charge in [-0.3, -0.25) is 4.79 Å². The van der Waals surface area contributed by atoms with Gasteiger partial charge in [-0.25, -0.2) is 8.78 Å². The number of amides is 1. The third-order valence-electron chi connectivity index (χ3n) is 10.6. The van der Waals surface area contributed by atoms with Crippen molar-refractivity contribution in [1.82, 2.24) is 4.90 Å². The van der Waals surface area contributed by atoms with Gasteiger partial charge < -0.3 is 14.6 Å². The SMILES string of the molecule is O=C([C@@H]1C[NH2+]C[C@]12CCCc1c2ccc2ccoc12)N1CC[C@@H](c2ccccc2)C[C@H]1C1CCCC(F)(F)C1. The van der Waals surface area contributed by atoms with Gasteiger partial charge in [0, 0.05) is 30.8 Å². The first-order valence-corrected chi connectivity index (χ1v) is 15.0. The molecule has 2 aliphatic heterocycles. The van der Waals surface area contributed by atoms with Crippen LogP contribution in [0, 0.1) is 11.8 Å². The molecule has 7 rings (SSSR count). The predicted molar refractivity (Wildman–Crippen MR) is 147 cm³/mol. The van der Waals surface area contributed by atoms with Gasteiger partial charge in [-0.2, -0.15) is 0 Å². The quantitative estimate of drug-likeness (QED) is 0.463. The van der Waals surface area contributed by atoms with E-state index in [0.717, 1.165) is 62.6 Å². The number of aryl methyl sites for hydroxylation is 1. The monoisotopic (exact) mass is 533 g/mol. The highest BCUT2D eigenvalue weighted by Crippen LogP contribution is 2.48. The molecule has 2 aliphatic carbocycles. The summed E-state index contributed by atoms with van der Waals surface area (Å²) in [5.74, 6) is -2.41. The van der Waals surface area contributed by atoms with E-state index in [2.05, 4.69) is 46.6 Å². The van der Waals surface area contributed by atoms with Crippen molar-refractivity contribution in [2.45, 2.75) is 81.1 Å². The first-order valence-electron chi connectivity index (χ1n) is 15.0. The Kier molecular flexibility index (Phi) is 6.30. The molecule has 1 saturated carbocycles. The summed E-state index contributed by atoms with van der Waals surface area (Å²) in [4.78, 5) is 16.7. The Morgan fingerprint density at radius 2 is 1.90 bits per heavy atom. The van der Waals surface area contributed by atoms with E-state index >= 15 is 0 Å². The van der Waals surface area contributed by atoms with Gasteiger partial charge in [-0.15, -0.1) is 0 Å². The summed E-state index contributed by atoms with van der Waals surface area (Å²) in [6.07, 6.45) is 7.65. The van der Waals surface area contributed by atoms with Crippen LogP contribution in [0.1, 0.15) is 74.0 Å². The number of furan rings is 1. The van der Waals surface area contributed by atoms with Crippen molar-refractivity contribution >= 4 is 16.9 Å². The van der Waals surface area contributed by atoms with E-state index < -0.39 is 5.92 Å². The Labute approximate surface area is 229 Å². The number of nitrogens with two attached hydrogens (primary N) is 1. The zero-order valence-electron chi connectivity index (χ0n) is 22.6. The highest BCUT2D eigenvalue weighted by atomic mass is 19.3. The maximum atomic E-state index is 14.7. The fraction of sp³-hybridized carbons (Fsp3) is 0.545. The molecule has 4 aliphatic rings. The number of carbonyl (C=O) groups is 1. The Balaban J connectivity index is 1.23. The lowest BCUT2D eigenvalue weighted by Crippen LogP contribution is -2.82. The molecular weight excluding hydrogens is 494 g/mol. The van der Waals surface area contributed by atoms with Gasteiger partial charge in [0.1, 0.15) is 11.5 Å². The van der Waals surface area contributed by atoms with E-state index in [9.17, 15) is 13.6 Å². The second-order valence-corrected chi connectivity index (χ2v) is 12.7. The molecule has 4 nitrogen and oxygen atoms in total. The number of likely N-dealkylation sites (tertiary alicyclic amines) is 1. The molecule has 0 bridgehead atoms. The van der Waals surface area contributed by atoms with Crippen LogP contribution in [0.5, 0.6) is 0 Å². The number of nitrogens with zero attached hydrogens (tertiary/aromatic N) is 1. The van der Waals surface area contributed by atoms with Crippen molar-refractivity contribution in [2.24, 2.45) is 11.8 Å². The third kappa shape index (κ3) is 4.30. The van der Waals surface area contributed by atoms with E-state index in [4.69, 9.17) is 4.42 Å². The van der Waals surface area contributed by atoms with Gasteiger partial charge in [0.15, 0.2) is 0 Å². The summed E-state index contributed by atoms with van der Waals surface area (Å²) < 4.78 is 35.3. The topological polar surface area (TPSA) is 50.1 Å². The maximum Gasteiger partial charge on any atom is 0.248 e. The van der Waals surface area contributed by atoms with Gasteiger partial charge in [0.2, 0.25) is 11.8 Å². The number of alkyl halides is 2. The third-order valence-corrected chi connectivity index (χ3v) is 10.6. The van der Waals surface area contributed by atoms with E-state index in [0.29, 0.717) is 18.9 Å². The Morgan fingerprint density at radius 3 is 2.74 bits per heavy atom. The van der Waals surface area contributed by atoms with Crippen molar-refractivity contribution in [2.75, 3.05) is 19.6 Å². The Morgan fingerprint density at radius 1 is 1.03 bits per heavy atom. The van der Waals surface area contributed by atoms with Crippen LogP contribution in [0.15, 0.2) is 59.2 Å². The van der Waals surface area contributed by atoms with Gasteiger partial charge in [-0.05, 0) is 79.5 Å². The summed E-state index contributed by atoms with van der Waals surface area (Å²) in [6.45, 7) is 2.32. The molecule has 3 aromatic rings. The number of piperidine rings is 1. The lowest BCUT2D eigenvalue weighted by atomic mass is 9.63. The minimum atomic E-state index is -2.63. The molecular formula is C33H39F2N2O2+. The van der Waals surface area contributed by atoms with Gasteiger partial charge in [0.05, 0.1) is 24.8 Å². The fourth-order valence-corrected chi connectivity index (χ4v) is 8.79. The Hall–Kier alpha value is -2.73. The second kappa shape index (κ2) is 9.72. The smallest absolute Gasteiger partial charge is 0.248 e. The first-order chi connectivity index (χ1) is 19.0. The average Bonchev–Trinajstić information content (AvgIpc) is 3.60. The molecule has 1 spiro atoms. The highest BCUT2D eigenvalue weighted by molar-refractivity contribution is 5.85. The lowest BCUT2D eigenvalue weighted by molar-refractivity contribution is -0.640. The highest BCUT2D eigenvalue weighted by Gasteiger charge is 2.56. The first kappa shape index (κ1) is 25.3. The molecule has 1 aromatic heterocycles. The largest absolute Gasteiger partial charge is 0.464 e. The molecule has 0 radical (unpaired) electrons. The summed E-state index contributed by atoms with van der Waals surface area (Å²) in [5, 5.41) is 3.43. The standard InChI is InChI=1S/C33H38F2N2O2/c34-33(35)15-4-8-25(19-33)29-18-24(22-6-2-1-3-7-22)12-16-37(29)31(38)28-20-36-21-32(28)14-5-9-26-27(32)11-10-23-13-17-39-30(23)26/h1-3,6-7,10-11,13,17,24-25,28-29,36H,4-5,8-9,12,14-16,18-21H2/p+1/t24-,25?,28+,29+,32+/m1/s1. The normalized spacial score (nSPS) is 32.4. The van der Waals surface area contributed by atoms with Crippen LogP contribution in [0.2, 0.25) is 0 Å². The van der Waals surface area contributed by atoms with Crippen molar-refractivity contribution in [3.63, 3.8) is 0 Å². The van der Waals surface area contributed by atoms with Crippen molar-refractivity contribution < 1.29 is 23.3 Å². The van der Waals surface area contributed by atoms with Crippen molar-refractivity contribution in [1.29, 1.82) is 0 Å². The number of rotatable bonds is 3. The number of hydrogen-bond donors (Lipinski definition) is 1. The minimum absolute atomic E-state index is 0.0228. The summed E-state index contributed by atoms with van der Waals surface area (Å²) in [6, 6.07) is 16.7. The second-order valence-electron chi connectivity index (χ2n) is 12.7. The van der Waals surface area contributed by atoms with Gasteiger partial charge in [0.25, 0.3) is 0 Å². The molecule has 3 heterocycles. The molecule has 6 heteroatoms. The lowest BCUT2D eigenvalue weighted by Gasteiger charge is -2.48. The molecule has 1 amide bonds. The molecule has 2 N–H and O–H groups in total. The number of carbonyl (C=O) groups excluding carboxylic acids is 1. The molecule has 1 unspecified atom stereocenters. The van der Waals surface area contributed by atoms with Crippen LogP contribution in [0.25, 0.3) is 11.0 Å².